The molecule has 1 atom stereocenters. The van der Waals surface area contributed by atoms with Crippen LogP contribution in [-0.4, -0.2) is 38.0 Å². The van der Waals surface area contributed by atoms with E-state index in [4.69, 9.17) is 5.73 Å². The average Bonchev–Trinajstić information content (AvgIpc) is 3.05. The lowest BCUT2D eigenvalue weighted by Gasteiger charge is -2.29. The number of hydrogen-bond acceptors (Lipinski definition) is 8. The second-order valence-electron chi connectivity index (χ2n) is 4.65. The number of esters is 1. The molecule has 0 aliphatic rings. The summed E-state index contributed by atoms with van der Waals surface area (Å²) in [7, 11) is 0. The zero-order valence-corrected chi connectivity index (χ0v) is 13.0. The molecule has 0 aliphatic heterocycles. The van der Waals surface area contributed by atoms with Crippen LogP contribution in [0.1, 0.15) is 5.56 Å². The Bertz CT molecular complexity index is 770. The number of nitrogens with one attached hydrogen (secondary N) is 1. The molecule has 2 rings (SSSR count). The first kappa shape index (κ1) is 18.7. The Balaban J connectivity index is 2.34. The Morgan fingerprint density at radius 2 is 2.16 bits per heavy atom. The predicted octanol–water partition coefficient (Wildman–Crippen LogP) is 1.72. The number of non-ortho nitro benzene ring substituents is 1. The number of rotatable bonds is 6. The van der Waals surface area contributed by atoms with Crippen LogP contribution in [0.5, 0.6) is 0 Å². The third-order valence-corrected chi connectivity index (χ3v) is 3.89. The zero-order chi connectivity index (χ0) is 18.7. The van der Waals surface area contributed by atoms with Crippen LogP contribution in [0.15, 0.2) is 35.7 Å². The lowest BCUT2D eigenvalue weighted by molar-refractivity contribution is -0.385. The first-order chi connectivity index (χ1) is 11.6. The third-order valence-electron chi connectivity index (χ3n) is 2.86. The number of nitro benzene ring substituents is 1. The van der Waals surface area contributed by atoms with Crippen LogP contribution >= 0.6 is 11.8 Å². The summed E-state index contributed by atoms with van der Waals surface area (Å²) >= 11 is 0.803. The molecule has 0 saturated carbocycles. The highest BCUT2D eigenvalue weighted by atomic mass is 32.2. The molecule has 0 saturated heterocycles. The molecule has 1 heterocycles. The van der Waals surface area contributed by atoms with Crippen LogP contribution in [0.25, 0.3) is 0 Å². The predicted molar refractivity (Wildman–Crippen MR) is 78.2 cm³/mol. The Labute approximate surface area is 141 Å². The lowest BCUT2D eigenvalue weighted by atomic mass is 10.0. The minimum atomic E-state index is -5.28. The number of alkyl halides is 3. The number of hydrogen-bond donors (Lipinski definition) is 2. The molecule has 0 amide bonds. The first-order valence-corrected chi connectivity index (χ1v) is 7.43. The number of carbonyl (C=O) groups is 1. The van der Waals surface area contributed by atoms with Gasteiger partial charge in [-0.15, -0.1) is 5.10 Å². The summed E-state index contributed by atoms with van der Waals surface area (Å²) in [5, 5.41) is 17.1. The number of nitrogens with two attached hydrogens (primary N) is 1. The van der Waals surface area contributed by atoms with Crippen molar-refractivity contribution in [1.82, 2.24) is 15.2 Å². The molecule has 134 valence electrons. The van der Waals surface area contributed by atoms with Crippen molar-refractivity contribution in [2.75, 3.05) is 5.75 Å². The average molecular weight is 377 g/mol. The summed E-state index contributed by atoms with van der Waals surface area (Å²) in [6.07, 6.45) is -4.05. The zero-order valence-electron chi connectivity index (χ0n) is 12.2. The molecular weight excluding hydrogens is 367 g/mol. The monoisotopic (exact) mass is 377 g/mol. The van der Waals surface area contributed by atoms with Crippen molar-refractivity contribution in [2.45, 2.75) is 17.1 Å². The largest absolute Gasteiger partial charge is 0.491 e. The van der Waals surface area contributed by atoms with Crippen molar-refractivity contribution < 1.29 is 27.6 Å². The summed E-state index contributed by atoms with van der Waals surface area (Å²) in [6.45, 7) is 0. The number of halogens is 3. The van der Waals surface area contributed by atoms with Gasteiger partial charge in [0.05, 0.1) is 10.7 Å². The van der Waals surface area contributed by atoms with Gasteiger partial charge in [-0.3, -0.25) is 20.9 Å². The summed E-state index contributed by atoms with van der Waals surface area (Å²) in [4.78, 5) is 25.1. The van der Waals surface area contributed by atoms with Crippen LogP contribution in [0.2, 0.25) is 0 Å². The number of benzene rings is 1. The molecule has 0 spiro atoms. The number of aromatic nitrogens is 3. The van der Waals surface area contributed by atoms with Crippen LogP contribution in [-0.2, 0) is 15.3 Å². The minimum Gasteiger partial charge on any atom is -0.432 e. The minimum absolute atomic E-state index is 0.142. The Kier molecular flexibility index (Phi) is 5.27. The van der Waals surface area contributed by atoms with Gasteiger partial charge in [-0.25, -0.2) is 9.78 Å². The van der Waals surface area contributed by atoms with Crippen LogP contribution in [0, 0.1) is 10.1 Å². The smallest absolute Gasteiger partial charge is 0.432 e. The number of carbonyl (C=O) groups excluding carboxylic acids is 1. The number of H-pyrrole nitrogens is 1. The highest BCUT2D eigenvalue weighted by molar-refractivity contribution is 7.99. The van der Waals surface area contributed by atoms with E-state index in [1.165, 1.54) is 18.5 Å². The number of ether oxygens (including phenoxy) is 1. The number of thioether (sulfide) groups is 1. The van der Waals surface area contributed by atoms with Gasteiger partial charge in [-0.05, 0) is 0 Å². The fraction of sp³-hybridized carbons (Fsp3) is 0.250. The molecule has 9 nitrogen and oxygen atoms in total. The van der Waals surface area contributed by atoms with E-state index in [1.54, 1.807) is 0 Å². The van der Waals surface area contributed by atoms with Gasteiger partial charge >= 0.3 is 12.1 Å². The molecule has 2 aromatic rings. The topological polar surface area (TPSA) is 137 Å². The summed E-state index contributed by atoms with van der Waals surface area (Å²) < 4.78 is 42.1. The van der Waals surface area contributed by atoms with E-state index in [-0.39, 0.29) is 10.7 Å². The summed E-state index contributed by atoms with van der Waals surface area (Å²) in [5.41, 5.74) is 2.97. The molecule has 13 heteroatoms. The van der Waals surface area contributed by atoms with Crippen LogP contribution < -0.4 is 5.73 Å². The Hall–Kier alpha value is -2.67. The standard InChI is InChI=1S/C12H10F3N5O4S/c13-12(14,15)9(21)24-11(16,5-25-10-17-6-18-19-10)7-2-1-3-8(4-7)20(22)23/h1-4,6H,5,16H2,(H,17,18,19). The van der Waals surface area contributed by atoms with Gasteiger partial charge in [-0.2, -0.15) is 13.2 Å². The van der Waals surface area contributed by atoms with Gasteiger partial charge < -0.3 is 4.74 Å². The number of aromatic amines is 1. The molecule has 1 aromatic heterocycles. The molecule has 1 aromatic carbocycles. The van der Waals surface area contributed by atoms with Crippen LogP contribution in [0.4, 0.5) is 18.9 Å². The van der Waals surface area contributed by atoms with E-state index in [0.29, 0.717) is 0 Å². The number of nitro groups is 1. The van der Waals surface area contributed by atoms with E-state index in [0.717, 1.165) is 23.9 Å². The molecule has 0 bridgehead atoms. The maximum absolute atomic E-state index is 12.5. The fourth-order valence-electron chi connectivity index (χ4n) is 1.72. The van der Waals surface area contributed by atoms with Crippen molar-refractivity contribution in [2.24, 2.45) is 5.73 Å². The molecule has 0 aliphatic carbocycles. The molecule has 0 fully saturated rings. The lowest BCUT2D eigenvalue weighted by Crippen LogP contribution is -2.47. The van der Waals surface area contributed by atoms with Crippen molar-refractivity contribution in [3.05, 3.63) is 46.3 Å². The van der Waals surface area contributed by atoms with Crippen molar-refractivity contribution >= 4 is 23.4 Å². The molecular formula is C12H10F3N5O4S. The second kappa shape index (κ2) is 7.06. The van der Waals surface area contributed by atoms with Gasteiger partial charge in [0.25, 0.3) is 5.69 Å². The van der Waals surface area contributed by atoms with Crippen molar-refractivity contribution in [1.29, 1.82) is 0 Å². The fourth-order valence-corrected chi connectivity index (χ4v) is 2.53. The maximum atomic E-state index is 12.5. The molecule has 25 heavy (non-hydrogen) atoms. The van der Waals surface area contributed by atoms with Crippen LogP contribution in [0.3, 0.4) is 0 Å². The van der Waals surface area contributed by atoms with E-state index in [1.807, 2.05) is 0 Å². The summed E-state index contributed by atoms with van der Waals surface area (Å²) in [5.74, 6) is -2.93. The quantitative estimate of drug-likeness (QED) is 0.255. The maximum Gasteiger partial charge on any atom is 0.491 e. The Morgan fingerprint density at radius 1 is 1.44 bits per heavy atom. The van der Waals surface area contributed by atoms with Crippen molar-refractivity contribution in [3.63, 3.8) is 0 Å². The number of nitrogens with zero attached hydrogens (tertiary/aromatic N) is 3. The highest BCUT2D eigenvalue weighted by Gasteiger charge is 2.46. The van der Waals surface area contributed by atoms with Gasteiger partial charge in [0.15, 0.2) is 5.72 Å². The van der Waals surface area contributed by atoms with E-state index in [9.17, 15) is 28.1 Å². The van der Waals surface area contributed by atoms with E-state index >= 15 is 0 Å². The van der Waals surface area contributed by atoms with Crippen molar-refractivity contribution in [3.8, 4) is 0 Å². The Morgan fingerprint density at radius 3 is 2.72 bits per heavy atom. The SMILES string of the molecule is NC(CSc1nc[nH]n1)(OC(=O)C(F)(F)F)c1cccc([N+](=O)[O-])c1. The molecule has 1 unspecified atom stereocenters. The third kappa shape index (κ3) is 4.67. The van der Waals surface area contributed by atoms with E-state index in [2.05, 4.69) is 19.9 Å². The second-order valence-corrected chi connectivity index (χ2v) is 5.60. The van der Waals surface area contributed by atoms with Gasteiger partial charge in [0.2, 0.25) is 5.16 Å². The van der Waals surface area contributed by atoms with Gasteiger partial charge in [-0.1, -0.05) is 23.9 Å². The van der Waals surface area contributed by atoms with Gasteiger partial charge in [0, 0.05) is 17.7 Å². The van der Waals surface area contributed by atoms with E-state index < -0.39 is 34.2 Å². The first-order valence-electron chi connectivity index (χ1n) is 6.44. The molecule has 0 radical (unpaired) electrons. The normalized spacial score (nSPS) is 13.9. The summed E-state index contributed by atoms with van der Waals surface area (Å²) in [6, 6.07) is 4.49. The highest BCUT2D eigenvalue weighted by Crippen LogP contribution is 2.31. The molecule has 3 N–H and O–H groups in total. The van der Waals surface area contributed by atoms with Gasteiger partial charge in [0.1, 0.15) is 6.33 Å².